The maximum absolute atomic E-state index is 5.88. The van der Waals surface area contributed by atoms with E-state index in [-0.39, 0.29) is 6.04 Å². The molecule has 0 bridgehead atoms. The molecule has 0 aromatic heterocycles. The van der Waals surface area contributed by atoms with E-state index >= 15 is 0 Å². The SMILES string of the molecule is Cc1ccc(N=P(c2ccccc2)(c2ccccc2)c2ccccc2)c(C=N[C@@H](C)c2ccccc2N=P(c2ccccc2)(c2ccccc2)c2ccccc2)c1. The fraction of sp³-hybridized carbons (Fsp3) is 0.0577. The zero-order valence-corrected chi connectivity index (χ0v) is 34.0. The summed E-state index contributed by atoms with van der Waals surface area (Å²) in [5, 5.41) is 7.25. The molecule has 0 saturated heterocycles. The van der Waals surface area contributed by atoms with E-state index in [9.17, 15) is 0 Å². The summed E-state index contributed by atoms with van der Waals surface area (Å²) in [5.41, 5.74) is 5.09. The van der Waals surface area contributed by atoms with Crippen LogP contribution in [0.15, 0.2) is 239 Å². The third kappa shape index (κ3) is 7.83. The van der Waals surface area contributed by atoms with Crippen molar-refractivity contribution in [1.82, 2.24) is 0 Å². The molecule has 0 spiro atoms. The standard InChI is InChI=1S/C52H45N3P2/c1-41-37-38-51(54-56(44-23-9-3-10-24-44,45-25-11-4-12-26-45)46-27-13-5-14-28-46)43(39-41)40-53-42(2)50-35-21-22-36-52(50)55-57(47-29-15-6-16-30-47,48-31-17-7-18-32-48)49-33-19-8-20-34-49/h3-40,42H,1-2H3/t42-/m0/s1. The van der Waals surface area contributed by atoms with Gasteiger partial charge in [0.2, 0.25) is 0 Å². The number of aliphatic imine (C=N–C) groups is 1. The van der Waals surface area contributed by atoms with E-state index in [0.717, 1.165) is 28.1 Å². The minimum absolute atomic E-state index is 0.181. The summed E-state index contributed by atoms with van der Waals surface area (Å²) in [5.74, 6) is 0. The minimum atomic E-state index is -2.49. The molecule has 57 heavy (non-hydrogen) atoms. The molecule has 0 N–H and O–H groups in total. The van der Waals surface area contributed by atoms with Crippen LogP contribution < -0.4 is 31.8 Å². The average Bonchev–Trinajstić information content (AvgIpc) is 3.29. The molecule has 1 atom stereocenters. The molecule has 0 aliphatic carbocycles. The lowest BCUT2D eigenvalue weighted by Gasteiger charge is -2.27. The molecular weight excluding hydrogens is 729 g/mol. The highest BCUT2D eigenvalue weighted by molar-refractivity contribution is 7.88. The molecule has 3 nitrogen and oxygen atoms in total. The highest BCUT2D eigenvalue weighted by atomic mass is 31.2. The maximum Gasteiger partial charge on any atom is 0.0742 e. The number of benzene rings is 8. The predicted octanol–water partition coefficient (Wildman–Crippen LogP) is 11.8. The van der Waals surface area contributed by atoms with Crippen LogP contribution in [-0.2, 0) is 0 Å². The van der Waals surface area contributed by atoms with E-state index in [1.54, 1.807) is 0 Å². The van der Waals surface area contributed by atoms with Gasteiger partial charge in [0.15, 0.2) is 0 Å². The summed E-state index contributed by atoms with van der Waals surface area (Å²) in [6.07, 6.45) is 2.02. The molecule has 0 unspecified atom stereocenters. The lowest BCUT2D eigenvalue weighted by Crippen LogP contribution is -2.25. The molecule has 8 aromatic carbocycles. The zero-order chi connectivity index (χ0) is 38.9. The van der Waals surface area contributed by atoms with Crippen LogP contribution in [0.4, 0.5) is 11.4 Å². The van der Waals surface area contributed by atoms with E-state index in [0.29, 0.717) is 0 Å². The van der Waals surface area contributed by atoms with Crippen LogP contribution in [0.25, 0.3) is 0 Å². The molecule has 8 aromatic rings. The van der Waals surface area contributed by atoms with Crippen LogP contribution in [-0.4, -0.2) is 6.21 Å². The highest BCUT2D eigenvalue weighted by Crippen LogP contribution is 2.51. The zero-order valence-electron chi connectivity index (χ0n) is 32.3. The summed E-state index contributed by atoms with van der Waals surface area (Å²) in [4.78, 5) is 5.30. The Hall–Kier alpha value is -6.11. The van der Waals surface area contributed by atoms with Gasteiger partial charge in [0.25, 0.3) is 0 Å². The summed E-state index contributed by atoms with van der Waals surface area (Å²) >= 11 is 0. The summed E-state index contributed by atoms with van der Waals surface area (Å²) in [6.45, 7) is 4.30. The molecule has 0 heterocycles. The molecule has 278 valence electrons. The van der Waals surface area contributed by atoms with Crippen molar-refractivity contribution in [2.75, 3.05) is 0 Å². The Balaban J connectivity index is 1.29. The number of nitrogens with zero attached hydrogens (tertiary/aromatic N) is 3. The van der Waals surface area contributed by atoms with Gasteiger partial charge in [-0.25, -0.2) is 0 Å². The molecule has 0 amide bonds. The quantitative estimate of drug-likeness (QED) is 0.0927. The normalized spacial score (nSPS) is 12.2. The van der Waals surface area contributed by atoms with Gasteiger partial charge >= 0.3 is 0 Å². The van der Waals surface area contributed by atoms with Crippen molar-refractivity contribution in [3.8, 4) is 0 Å². The molecule has 0 fully saturated rings. The highest BCUT2D eigenvalue weighted by Gasteiger charge is 2.29. The smallest absolute Gasteiger partial charge is 0.0742 e. The van der Waals surface area contributed by atoms with Gasteiger partial charge in [-0.1, -0.05) is 212 Å². The first kappa shape index (κ1) is 37.8. The molecular formula is C52H45N3P2. The Morgan fingerprint density at radius 3 is 1.11 bits per heavy atom. The van der Waals surface area contributed by atoms with Gasteiger partial charge in [0.05, 0.1) is 31.5 Å². The fourth-order valence-corrected chi connectivity index (χ4v) is 14.6. The van der Waals surface area contributed by atoms with Crippen LogP contribution in [0.1, 0.15) is 29.7 Å². The van der Waals surface area contributed by atoms with Crippen molar-refractivity contribution in [2.24, 2.45) is 14.5 Å². The average molecular weight is 774 g/mol. The van der Waals surface area contributed by atoms with E-state index < -0.39 is 14.1 Å². The number of hydrogen-bond acceptors (Lipinski definition) is 3. The molecule has 0 aliphatic heterocycles. The van der Waals surface area contributed by atoms with Gasteiger partial charge < -0.3 is 0 Å². The van der Waals surface area contributed by atoms with E-state index in [2.05, 4.69) is 238 Å². The predicted molar refractivity (Wildman–Crippen MR) is 248 cm³/mol. The van der Waals surface area contributed by atoms with Gasteiger partial charge in [0.1, 0.15) is 0 Å². The number of hydrogen-bond donors (Lipinski definition) is 0. The van der Waals surface area contributed by atoms with Crippen molar-refractivity contribution >= 4 is 63.5 Å². The van der Waals surface area contributed by atoms with Gasteiger partial charge in [-0.05, 0) is 32.0 Å². The Morgan fingerprint density at radius 2 is 0.719 bits per heavy atom. The van der Waals surface area contributed by atoms with Crippen molar-refractivity contribution in [1.29, 1.82) is 0 Å². The second-order valence-corrected chi connectivity index (χ2v) is 20.1. The molecule has 8 rings (SSSR count). The summed E-state index contributed by atoms with van der Waals surface area (Å²) in [6, 6.07) is 79.5. The first-order valence-corrected chi connectivity index (χ1v) is 22.9. The topological polar surface area (TPSA) is 37.1 Å². The van der Waals surface area contributed by atoms with Crippen molar-refractivity contribution in [3.63, 3.8) is 0 Å². The lowest BCUT2D eigenvalue weighted by molar-refractivity contribution is 0.826. The van der Waals surface area contributed by atoms with Crippen molar-refractivity contribution in [3.05, 3.63) is 241 Å². The number of rotatable bonds is 11. The summed E-state index contributed by atoms with van der Waals surface area (Å²) in [7, 11) is -4.97. The largest absolute Gasteiger partial charge is 0.285 e. The van der Waals surface area contributed by atoms with E-state index in [4.69, 9.17) is 14.5 Å². The Kier molecular flexibility index (Phi) is 11.5. The van der Waals surface area contributed by atoms with Gasteiger partial charge in [-0.2, -0.15) is 0 Å². The Bertz CT molecular complexity index is 2490. The maximum atomic E-state index is 5.88. The first-order chi connectivity index (χ1) is 28.1. The van der Waals surface area contributed by atoms with Crippen LogP contribution in [0.5, 0.6) is 0 Å². The third-order valence-electron chi connectivity index (χ3n) is 10.3. The van der Waals surface area contributed by atoms with Crippen LogP contribution in [0.3, 0.4) is 0 Å². The van der Waals surface area contributed by atoms with E-state index in [1.165, 1.54) is 31.8 Å². The second kappa shape index (κ2) is 17.4. The fourth-order valence-electron chi connectivity index (χ4n) is 7.50. The Labute approximate surface area is 337 Å². The minimum Gasteiger partial charge on any atom is -0.285 e. The monoisotopic (exact) mass is 773 g/mol. The van der Waals surface area contributed by atoms with Crippen molar-refractivity contribution < 1.29 is 0 Å². The Morgan fingerprint density at radius 1 is 0.386 bits per heavy atom. The lowest BCUT2D eigenvalue weighted by atomic mass is 10.1. The van der Waals surface area contributed by atoms with E-state index in [1.807, 2.05) is 6.21 Å². The molecule has 0 radical (unpaired) electrons. The van der Waals surface area contributed by atoms with Crippen molar-refractivity contribution in [2.45, 2.75) is 19.9 Å². The van der Waals surface area contributed by atoms with Gasteiger partial charge in [-0.15, -0.1) is 0 Å². The number of aryl methyl sites for hydroxylation is 1. The van der Waals surface area contributed by atoms with Crippen LogP contribution in [0.2, 0.25) is 0 Å². The van der Waals surface area contributed by atoms with Crippen LogP contribution in [0, 0.1) is 6.92 Å². The van der Waals surface area contributed by atoms with Gasteiger partial charge in [-0.3, -0.25) is 14.5 Å². The molecule has 5 heteroatoms. The summed E-state index contributed by atoms with van der Waals surface area (Å²) < 4.78 is 11.7. The second-order valence-electron chi connectivity index (χ2n) is 14.1. The third-order valence-corrected chi connectivity index (χ3v) is 17.6. The van der Waals surface area contributed by atoms with Crippen LogP contribution >= 0.6 is 14.1 Å². The first-order valence-electron chi connectivity index (χ1n) is 19.4. The van der Waals surface area contributed by atoms with Gasteiger partial charge in [0, 0.05) is 49.2 Å². The molecule has 0 saturated carbocycles. The molecule has 0 aliphatic rings.